The molecule has 2 aromatic carbocycles. The highest BCUT2D eigenvalue weighted by atomic mass is 16.3. The number of amides is 2. The summed E-state index contributed by atoms with van der Waals surface area (Å²) in [5.41, 5.74) is 1.22. The number of urea groups is 1. The molecule has 2 aliphatic rings. The molecule has 0 radical (unpaired) electrons. The number of aliphatic hydroxyl groups excluding tert-OH is 1. The molecule has 142 valence electrons. The lowest BCUT2D eigenvalue weighted by atomic mass is 9.80. The van der Waals surface area contributed by atoms with Gasteiger partial charge in [-0.1, -0.05) is 54.4 Å². The number of rotatable bonds is 3. The number of hydrogen-bond donors (Lipinski definition) is 1. The van der Waals surface area contributed by atoms with Gasteiger partial charge in [0.15, 0.2) is 11.5 Å². The zero-order valence-corrected chi connectivity index (χ0v) is 15.4. The summed E-state index contributed by atoms with van der Waals surface area (Å²) >= 11 is 0. The molecule has 0 heterocycles. The van der Waals surface area contributed by atoms with Crippen LogP contribution in [0, 0.1) is 11.8 Å². The molecule has 2 unspecified atom stereocenters. The maximum atomic E-state index is 12.9. The van der Waals surface area contributed by atoms with Crippen molar-refractivity contribution >= 4 is 23.2 Å². The number of benzene rings is 2. The van der Waals surface area contributed by atoms with Crippen LogP contribution in [0.25, 0.3) is 0 Å². The van der Waals surface area contributed by atoms with Gasteiger partial charge in [-0.25, -0.2) is 4.79 Å². The summed E-state index contributed by atoms with van der Waals surface area (Å²) in [6.07, 6.45) is 3.48. The van der Waals surface area contributed by atoms with Crippen molar-refractivity contribution in [2.45, 2.75) is 25.7 Å². The first-order valence-corrected chi connectivity index (χ1v) is 9.50. The third-order valence-corrected chi connectivity index (χ3v) is 5.39. The first kappa shape index (κ1) is 18.1. The topological polar surface area (TPSA) is 82.3 Å². The lowest BCUT2D eigenvalue weighted by molar-refractivity contribution is -0.120. The molecule has 2 aliphatic carbocycles. The molecule has 2 amide bonds. The Balaban J connectivity index is 1.63. The molecular weight excluding hydrogens is 354 g/mol. The highest BCUT2D eigenvalue weighted by Crippen LogP contribution is 2.43. The van der Waals surface area contributed by atoms with Gasteiger partial charge in [0, 0.05) is 11.8 Å². The van der Waals surface area contributed by atoms with Crippen LogP contribution in [0.1, 0.15) is 25.7 Å². The quantitative estimate of drug-likeness (QED) is 0.713. The van der Waals surface area contributed by atoms with Crippen molar-refractivity contribution in [3.8, 4) is 0 Å². The summed E-state index contributed by atoms with van der Waals surface area (Å²) in [5, 5.41) is 18.1. The second-order valence-electron chi connectivity index (χ2n) is 7.08. The number of anilines is 2. The van der Waals surface area contributed by atoms with Gasteiger partial charge in [-0.3, -0.25) is 9.69 Å². The number of allylic oxidation sites excluding steroid dienone is 2. The van der Waals surface area contributed by atoms with E-state index >= 15 is 0 Å². The lowest BCUT2D eigenvalue weighted by Gasteiger charge is -2.23. The Morgan fingerprint density at radius 3 is 1.96 bits per heavy atom. The molecule has 0 spiro atoms. The number of para-hydroxylation sites is 2. The molecule has 2 aromatic rings. The van der Waals surface area contributed by atoms with Crippen LogP contribution in [-0.2, 0) is 4.79 Å². The smallest absolute Gasteiger partial charge is 0.371 e. The highest BCUT2D eigenvalue weighted by Gasteiger charge is 2.43. The second-order valence-corrected chi connectivity index (χ2v) is 7.08. The van der Waals surface area contributed by atoms with E-state index in [9.17, 15) is 14.7 Å². The summed E-state index contributed by atoms with van der Waals surface area (Å²) in [4.78, 5) is 26.9. The van der Waals surface area contributed by atoms with Crippen molar-refractivity contribution < 1.29 is 14.7 Å². The minimum Gasteiger partial charge on any atom is -0.510 e. The van der Waals surface area contributed by atoms with Gasteiger partial charge >= 0.3 is 6.03 Å². The van der Waals surface area contributed by atoms with Crippen LogP contribution in [0.4, 0.5) is 16.2 Å². The molecule has 4 rings (SSSR count). The number of ketones is 1. The van der Waals surface area contributed by atoms with Gasteiger partial charge in [0.25, 0.3) is 0 Å². The molecule has 0 aliphatic heterocycles. The molecule has 6 heteroatoms. The first-order valence-electron chi connectivity index (χ1n) is 9.50. The Hall–Kier alpha value is -3.28. The first-order chi connectivity index (χ1) is 13.7. The third kappa shape index (κ3) is 3.33. The van der Waals surface area contributed by atoms with E-state index in [0.29, 0.717) is 11.4 Å². The monoisotopic (exact) mass is 375 g/mol. The van der Waals surface area contributed by atoms with E-state index in [1.807, 2.05) is 36.4 Å². The molecule has 28 heavy (non-hydrogen) atoms. The maximum Gasteiger partial charge on any atom is 0.371 e. The fourth-order valence-corrected chi connectivity index (χ4v) is 4.01. The summed E-state index contributed by atoms with van der Waals surface area (Å²) < 4.78 is 0. The minimum atomic E-state index is -0.625. The zero-order chi connectivity index (χ0) is 19.5. The van der Waals surface area contributed by atoms with Crippen molar-refractivity contribution in [1.29, 1.82) is 0 Å². The van der Waals surface area contributed by atoms with Gasteiger partial charge in [-0.05, 0) is 37.1 Å². The summed E-state index contributed by atoms with van der Waals surface area (Å²) in [6, 6.07) is 17.6. The van der Waals surface area contributed by atoms with E-state index < -0.39 is 6.03 Å². The van der Waals surface area contributed by atoms with Crippen LogP contribution < -0.4 is 4.90 Å². The number of hydrogen-bond acceptors (Lipinski definition) is 4. The molecule has 0 bridgehead atoms. The van der Waals surface area contributed by atoms with Crippen molar-refractivity contribution in [1.82, 2.24) is 0 Å². The van der Waals surface area contributed by atoms with E-state index in [2.05, 4.69) is 10.2 Å². The van der Waals surface area contributed by atoms with E-state index in [4.69, 9.17) is 0 Å². The van der Waals surface area contributed by atoms with Gasteiger partial charge in [0.05, 0.1) is 11.4 Å². The molecule has 6 nitrogen and oxygen atoms in total. The average Bonchev–Trinajstić information content (AvgIpc) is 2.99. The number of Topliss-reactive ketones (excluding diaryl/α,β-unsaturated/α-hetero) is 1. The number of carbonyl (C=O) groups excluding carboxylic acids is 2. The van der Waals surface area contributed by atoms with Crippen LogP contribution in [0.15, 0.2) is 82.3 Å². The molecular formula is C22H21N3O3. The van der Waals surface area contributed by atoms with E-state index in [-0.39, 0.29) is 29.1 Å². The fraction of sp³-hybridized carbons (Fsp3) is 0.273. The Kier molecular flexibility index (Phi) is 5.02. The molecule has 2 atom stereocenters. The summed E-state index contributed by atoms with van der Waals surface area (Å²) in [5.74, 6) is -0.622. The van der Waals surface area contributed by atoms with Gasteiger partial charge in [-0.2, -0.15) is 0 Å². The minimum absolute atomic E-state index is 0.0165. The Morgan fingerprint density at radius 2 is 1.43 bits per heavy atom. The summed E-state index contributed by atoms with van der Waals surface area (Å²) in [6.45, 7) is 0. The maximum absolute atomic E-state index is 12.9. The van der Waals surface area contributed by atoms with Crippen molar-refractivity contribution in [2.24, 2.45) is 22.1 Å². The van der Waals surface area contributed by atoms with E-state index in [1.165, 1.54) is 4.90 Å². The second kappa shape index (κ2) is 7.76. The molecule has 1 saturated carbocycles. The third-order valence-electron chi connectivity index (χ3n) is 5.39. The number of nitrogens with zero attached hydrogens (tertiary/aromatic N) is 3. The van der Waals surface area contributed by atoms with Crippen molar-refractivity contribution in [2.75, 3.05) is 4.90 Å². The summed E-state index contributed by atoms with van der Waals surface area (Å²) in [7, 11) is 0. The predicted molar refractivity (Wildman–Crippen MR) is 105 cm³/mol. The Labute approximate surface area is 163 Å². The number of fused-ring (bicyclic) bond motifs is 1. The number of carbonyl (C=O) groups is 2. The zero-order valence-electron chi connectivity index (χ0n) is 15.4. The standard InChI is InChI=1S/C22H21N3O3/c26-20-17-13-7-8-14-18(17)21(27)19(20)23-24-22(28)25(15-9-3-1-4-10-15)16-11-5-2-6-12-16/h1-6,9-12,17-18,26H,7-8,13-14H2. The number of azo groups is 1. The van der Waals surface area contributed by atoms with E-state index in [1.54, 1.807) is 24.3 Å². The molecule has 0 saturated heterocycles. The van der Waals surface area contributed by atoms with Gasteiger partial charge in [0.2, 0.25) is 0 Å². The lowest BCUT2D eigenvalue weighted by Crippen LogP contribution is -2.22. The largest absolute Gasteiger partial charge is 0.510 e. The van der Waals surface area contributed by atoms with Crippen LogP contribution in [0.2, 0.25) is 0 Å². The Bertz CT molecular complexity index is 899. The highest BCUT2D eigenvalue weighted by molar-refractivity contribution is 6.02. The van der Waals surface area contributed by atoms with Crippen LogP contribution in [0.5, 0.6) is 0 Å². The van der Waals surface area contributed by atoms with Crippen LogP contribution in [0.3, 0.4) is 0 Å². The SMILES string of the molecule is O=C1C(N=NC(=O)N(c2ccccc2)c2ccccc2)=C(O)C2CCCCC12. The predicted octanol–water partition coefficient (Wildman–Crippen LogP) is 5.56. The normalized spacial score (nSPS) is 21.8. The van der Waals surface area contributed by atoms with Gasteiger partial charge < -0.3 is 5.11 Å². The average molecular weight is 375 g/mol. The Morgan fingerprint density at radius 1 is 0.893 bits per heavy atom. The number of aliphatic hydroxyl groups is 1. The fourth-order valence-electron chi connectivity index (χ4n) is 4.01. The van der Waals surface area contributed by atoms with Gasteiger partial charge in [-0.15, -0.1) is 5.11 Å². The molecule has 1 N–H and O–H groups in total. The van der Waals surface area contributed by atoms with Crippen molar-refractivity contribution in [3.05, 3.63) is 72.1 Å². The van der Waals surface area contributed by atoms with Crippen molar-refractivity contribution in [3.63, 3.8) is 0 Å². The molecule has 1 fully saturated rings. The molecule has 0 aromatic heterocycles. The van der Waals surface area contributed by atoms with Crippen LogP contribution >= 0.6 is 0 Å². The van der Waals surface area contributed by atoms with Gasteiger partial charge in [0.1, 0.15) is 5.76 Å². The van der Waals surface area contributed by atoms with Crippen LogP contribution in [-0.4, -0.2) is 16.9 Å². The van der Waals surface area contributed by atoms with E-state index in [0.717, 1.165) is 25.7 Å².